The van der Waals surface area contributed by atoms with Gasteiger partial charge in [-0.1, -0.05) is 0 Å². The number of rotatable bonds is 4. The van der Waals surface area contributed by atoms with Gasteiger partial charge in [0, 0.05) is 19.0 Å². The second-order valence-electron chi connectivity index (χ2n) is 4.64. The van der Waals surface area contributed by atoms with Gasteiger partial charge in [-0.2, -0.15) is 4.98 Å². The van der Waals surface area contributed by atoms with Crippen LogP contribution in [-0.2, 0) is 0 Å². The number of aromatic nitrogens is 2. The van der Waals surface area contributed by atoms with E-state index >= 15 is 0 Å². The zero-order valence-electron chi connectivity index (χ0n) is 9.57. The molecule has 3 rings (SSSR count). The Morgan fingerprint density at radius 2 is 2.06 bits per heavy atom. The van der Waals surface area contributed by atoms with Gasteiger partial charge >= 0.3 is 0 Å². The number of nitrogens with zero attached hydrogens (tertiary/aromatic N) is 2. The van der Waals surface area contributed by atoms with Gasteiger partial charge in [0.1, 0.15) is 17.7 Å². The normalized spacial score (nSPS) is 20.3. The van der Waals surface area contributed by atoms with E-state index in [2.05, 4.69) is 15.3 Å². The molecule has 1 heterocycles. The predicted octanol–water partition coefficient (Wildman–Crippen LogP) is 2.33. The van der Waals surface area contributed by atoms with Crippen LogP contribution in [0.25, 0.3) is 0 Å². The number of hydrogen-bond acceptors (Lipinski definition) is 4. The highest BCUT2D eigenvalue weighted by Gasteiger charge is 2.28. The van der Waals surface area contributed by atoms with Crippen LogP contribution >= 0.6 is 0 Å². The quantitative estimate of drug-likeness (QED) is 0.844. The van der Waals surface area contributed by atoms with Gasteiger partial charge in [0.15, 0.2) is 0 Å². The summed E-state index contributed by atoms with van der Waals surface area (Å²) >= 11 is 0. The smallest absolute Gasteiger partial charge is 0.219 e. The summed E-state index contributed by atoms with van der Waals surface area (Å²) in [6.07, 6.45) is 6.43. The average molecular weight is 219 g/mol. The lowest BCUT2D eigenvalue weighted by atomic mass is 9.96. The van der Waals surface area contributed by atoms with Crippen LogP contribution in [0.4, 0.5) is 5.82 Å². The van der Waals surface area contributed by atoms with Crippen LogP contribution in [0.3, 0.4) is 0 Å². The van der Waals surface area contributed by atoms with Gasteiger partial charge in [-0.3, -0.25) is 0 Å². The van der Waals surface area contributed by atoms with Gasteiger partial charge in [-0.15, -0.1) is 0 Å². The molecule has 0 bridgehead atoms. The molecule has 2 aliphatic rings. The highest BCUT2D eigenvalue weighted by atomic mass is 16.5. The van der Waals surface area contributed by atoms with Gasteiger partial charge in [0.05, 0.1) is 0 Å². The van der Waals surface area contributed by atoms with Crippen LogP contribution in [0.15, 0.2) is 6.07 Å². The summed E-state index contributed by atoms with van der Waals surface area (Å²) in [5.41, 5.74) is 0. The number of hydrogen-bond donors (Lipinski definition) is 1. The minimum atomic E-state index is 0.381. The molecule has 4 heteroatoms. The molecule has 0 aromatic carbocycles. The summed E-state index contributed by atoms with van der Waals surface area (Å²) in [6.45, 7) is 0. The molecule has 4 nitrogen and oxygen atoms in total. The summed E-state index contributed by atoms with van der Waals surface area (Å²) in [4.78, 5) is 8.95. The lowest BCUT2D eigenvalue weighted by Crippen LogP contribution is -2.25. The van der Waals surface area contributed by atoms with Crippen molar-refractivity contribution in [1.82, 2.24) is 9.97 Å². The number of nitrogens with one attached hydrogen (secondary N) is 1. The lowest BCUT2D eigenvalue weighted by Gasteiger charge is -2.25. The summed E-state index contributed by atoms with van der Waals surface area (Å²) < 4.78 is 5.82. The zero-order chi connectivity index (χ0) is 11.0. The van der Waals surface area contributed by atoms with E-state index in [1.165, 1.54) is 19.3 Å². The highest BCUT2D eigenvalue weighted by Crippen LogP contribution is 2.39. The summed E-state index contributed by atoms with van der Waals surface area (Å²) in [5, 5.41) is 3.07. The standard InChI is InChI=1S/C12H17N3O/c1-13-10-7-11(16-9-3-2-4-9)15-12(14-10)8-5-6-8/h7-9H,2-6H2,1H3,(H,13,14,15). The van der Waals surface area contributed by atoms with E-state index in [0.29, 0.717) is 12.0 Å². The number of ether oxygens (including phenoxy) is 1. The molecule has 16 heavy (non-hydrogen) atoms. The van der Waals surface area contributed by atoms with Crippen LogP contribution in [0.1, 0.15) is 43.8 Å². The third kappa shape index (κ3) is 1.96. The van der Waals surface area contributed by atoms with Crippen molar-refractivity contribution >= 4 is 5.82 Å². The summed E-state index contributed by atoms with van der Waals surface area (Å²) in [5.74, 6) is 3.12. The van der Waals surface area contributed by atoms with Gasteiger partial charge in [-0.05, 0) is 32.1 Å². The predicted molar refractivity (Wildman–Crippen MR) is 61.8 cm³/mol. The molecular weight excluding hydrogens is 202 g/mol. The van der Waals surface area contributed by atoms with Crippen molar-refractivity contribution in [3.05, 3.63) is 11.9 Å². The maximum atomic E-state index is 5.82. The van der Waals surface area contributed by atoms with Gasteiger partial charge in [0.2, 0.25) is 5.88 Å². The minimum Gasteiger partial charge on any atom is -0.474 e. The Morgan fingerprint density at radius 3 is 2.62 bits per heavy atom. The van der Waals surface area contributed by atoms with E-state index < -0.39 is 0 Å². The molecule has 1 aromatic heterocycles. The molecule has 0 spiro atoms. The van der Waals surface area contributed by atoms with Gasteiger partial charge in [0.25, 0.3) is 0 Å². The SMILES string of the molecule is CNc1cc(OC2CCC2)nc(C2CC2)n1. The first kappa shape index (κ1) is 9.87. The van der Waals surface area contributed by atoms with Crippen LogP contribution in [-0.4, -0.2) is 23.1 Å². The Balaban J connectivity index is 1.81. The zero-order valence-corrected chi connectivity index (χ0v) is 9.57. The van der Waals surface area contributed by atoms with E-state index in [4.69, 9.17) is 4.74 Å². The van der Waals surface area contributed by atoms with E-state index in [9.17, 15) is 0 Å². The Labute approximate surface area is 95.4 Å². The molecule has 2 aliphatic carbocycles. The topological polar surface area (TPSA) is 47.0 Å². The molecular formula is C12H17N3O. The van der Waals surface area contributed by atoms with Crippen LogP contribution in [0.5, 0.6) is 5.88 Å². The third-order valence-corrected chi connectivity index (χ3v) is 3.26. The first-order valence-electron chi connectivity index (χ1n) is 6.08. The second kappa shape index (κ2) is 3.92. The summed E-state index contributed by atoms with van der Waals surface area (Å²) in [6, 6.07) is 1.89. The van der Waals surface area contributed by atoms with Gasteiger partial charge in [-0.25, -0.2) is 4.98 Å². The maximum Gasteiger partial charge on any atom is 0.219 e. The second-order valence-corrected chi connectivity index (χ2v) is 4.64. The van der Waals surface area contributed by atoms with Crippen molar-refractivity contribution in [2.75, 3.05) is 12.4 Å². The fourth-order valence-electron chi connectivity index (χ4n) is 1.81. The van der Waals surface area contributed by atoms with Crippen molar-refractivity contribution in [3.8, 4) is 5.88 Å². The van der Waals surface area contributed by atoms with E-state index in [1.54, 1.807) is 0 Å². The van der Waals surface area contributed by atoms with Crippen LogP contribution in [0, 0.1) is 0 Å². The molecule has 1 N–H and O–H groups in total. The average Bonchev–Trinajstić information content (AvgIpc) is 3.07. The molecule has 0 unspecified atom stereocenters. The van der Waals surface area contributed by atoms with E-state index in [-0.39, 0.29) is 0 Å². The molecule has 0 aliphatic heterocycles. The summed E-state index contributed by atoms with van der Waals surface area (Å²) in [7, 11) is 1.88. The molecule has 86 valence electrons. The Bertz CT molecular complexity index is 386. The van der Waals surface area contributed by atoms with Crippen molar-refractivity contribution < 1.29 is 4.74 Å². The van der Waals surface area contributed by atoms with Crippen LogP contribution in [0.2, 0.25) is 0 Å². The van der Waals surface area contributed by atoms with E-state index in [1.807, 2.05) is 13.1 Å². The molecule has 2 fully saturated rings. The molecule has 1 aromatic rings. The lowest BCUT2D eigenvalue weighted by molar-refractivity contribution is 0.114. The fourth-order valence-corrected chi connectivity index (χ4v) is 1.81. The van der Waals surface area contributed by atoms with Gasteiger partial charge < -0.3 is 10.1 Å². The molecule has 0 atom stereocenters. The largest absolute Gasteiger partial charge is 0.474 e. The van der Waals surface area contributed by atoms with E-state index in [0.717, 1.165) is 30.4 Å². The third-order valence-electron chi connectivity index (χ3n) is 3.26. The minimum absolute atomic E-state index is 0.381. The Kier molecular flexibility index (Phi) is 2.42. The molecule has 0 amide bonds. The molecule has 0 saturated heterocycles. The first-order chi connectivity index (χ1) is 7.85. The van der Waals surface area contributed by atoms with Crippen molar-refractivity contribution in [3.63, 3.8) is 0 Å². The molecule has 0 radical (unpaired) electrons. The van der Waals surface area contributed by atoms with Crippen molar-refractivity contribution in [1.29, 1.82) is 0 Å². The van der Waals surface area contributed by atoms with Crippen molar-refractivity contribution in [2.45, 2.75) is 44.1 Å². The van der Waals surface area contributed by atoms with Crippen molar-refractivity contribution in [2.24, 2.45) is 0 Å². The fraction of sp³-hybridized carbons (Fsp3) is 0.667. The maximum absolute atomic E-state index is 5.82. The molecule has 2 saturated carbocycles. The Hall–Kier alpha value is -1.32. The first-order valence-corrected chi connectivity index (χ1v) is 6.08. The van der Waals surface area contributed by atoms with Crippen LogP contribution < -0.4 is 10.1 Å². The Morgan fingerprint density at radius 1 is 1.25 bits per heavy atom. The monoisotopic (exact) mass is 219 g/mol. The highest BCUT2D eigenvalue weighted by molar-refractivity contribution is 5.38. The number of anilines is 1.